The Bertz CT molecular complexity index is 1010. The lowest BCUT2D eigenvalue weighted by Crippen LogP contribution is -2.24. The molecule has 0 radical (unpaired) electrons. The second-order valence-corrected chi connectivity index (χ2v) is 9.15. The van der Waals surface area contributed by atoms with Gasteiger partial charge in [-0.3, -0.25) is 0 Å². The van der Waals surface area contributed by atoms with Crippen molar-refractivity contribution in [3.63, 3.8) is 0 Å². The Morgan fingerprint density at radius 3 is 2.16 bits per heavy atom. The molecule has 2 aliphatic rings. The Morgan fingerprint density at radius 1 is 0.774 bits per heavy atom. The molecule has 1 fully saturated rings. The van der Waals surface area contributed by atoms with E-state index < -0.39 is 0 Å². The summed E-state index contributed by atoms with van der Waals surface area (Å²) in [5.74, 6) is 0.972. The highest BCUT2D eigenvalue weighted by Crippen LogP contribution is 2.70. The molecule has 5 rings (SSSR count). The molecule has 1 aliphatic heterocycles. The molecule has 0 aromatic heterocycles. The van der Waals surface area contributed by atoms with E-state index in [9.17, 15) is 0 Å². The average molecular weight is 409 g/mol. The van der Waals surface area contributed by atoms with Crippen molar-refractivity contribution in [2.24, 2.45) is 5.92 Å². The zero-order chi connectivity index (χ0) is 21.1. The van der Waals surface area contributed by atoms with E-state index in [4.69, 9.17) is 4.74 Å². The Kier molecular flexibility index (Phi) is 5.68. The quantitative estimate of drug-likeness (QED) is 0.382. The Balaban J connectivity index is 1.43. The maximum Gasteiger partial charge on any atom is 0.103 e. The third kappa shape index (κ3) is 3.83. The van der Waals surface area contributed by atoms with E-state index in [1.165, 1.54) is 41.5 Å². The van der Waals surface area contributed by atoms with Crippen molar-refractivity contribution in [3.8, 4) is 0 Å². The molecule has 1 saturated carbocycles. The van der Waals surface area contributed by atoms with Crippen LogP contribution < -0.4 is 0 Å². The van der Waals surface area contributed by atoms with Crippen molar-refractivity contribution in [2.75, 3.05) is 0 Å². The summed E-state index contributed by atoms with van der Waals surface area (Å²) < 4.78 is 6.25. The van der Waals surface area contributed by atoms with Crippen molar-refractivity contribution in [3.05, 3.63) is 120 Å². The van der Waals surface area contributed by atoms with Gasteiger partial charge in [0.1, 0.15) is 6.10 Å². The van der Waals surface area contributed by atoms with Gasteiger partial charge in [-0.05, 0) is 54.0 Å². The van der Waals surface area contributed by atoms with Gasteiger partial charge in [-0.25, -0.2) is 0 Å². The van der Waals surface area contributed by atoms with Crippen LogP contribution in [-0.4, -0.2) is 6.10 Å². The molecule has 1 aliphatic carbocycles. The average Bonchev–Trinajstić information content (AvgIpc) is 3.54. The van der Waals surface area contributed by atoms with Crippen molar-refractivity contribution >= 4 is 0 Å². The van der Waals surface area contributed by atoms with Crippen LogP contribution in [0, 0.1) is 5.92 Å². The van der Waals surface area contributed by atoms with Crippen LogP contribution in [-0.2, 0) is 23.0 Å². The van der Waals surface area contributed by atoms with Crippen LogP contribution in [0.3, 0.4) is 0 Å². The topological polar surface area (TPSA) is 9.23 Å². The van der Waals surface area contributed by atoms with Gasteiger partial charge in [0.05, 0.1) is 6.26 Å². The smallest absolute Gasteiger partial charge is 0.103 e. The first-order chi connectivity index (χ1) is 15.3. The molecule has 31 heavy (non-hydrogen) atoms. The summed E-state index contributed by atoms with van der Waals surface area (Å²) >= 11 is 0. The van der Waals surface area contributed by atoms with E-state index in [1.807, 2.05) is 6.26 Å². The second-order valence-electron chi connectivity index (χ2n) is 9.15. The minimum absolute atomic E-state index is 0.0598. The van der Waals surface area contributed by atoms with Crippen LogP contribution in [0.5, 0.6) is 0 Å². The number of hydrogen-bond donors (Lipinski definition) is 0. The molecule has 0 bridgehead atoms. The van der Waals surface area contributed by atoms with E-state index in [2.05, 4.69) is 97.9 Å². The first kappa shape index (κ1) is 20.1. The number of aryl methyl sites for hydroxylation is 2. The molecule has 0 saturated heterocycles. The summed E-state index contributed by atoms with van der Waals surface area (Å²) in [7, 11) is 0. The highest BCUT2D eigenvalue weighted by molar-refractivity contribution is 5.52. The van der Waals surface area contributed by atoms with Crippen LogP contribution in [0.15, 0.2) is 97.3 Å². The van der Waals surface area contributed by atoms with Gasteiger partial charge in [-0.2, -0.15) is 0 Å². The summed E-state index contributed by atoms with van der Waals surface area (Å²) in [5, 5.41) is 0. The van der Waals surface area contributed by atoms with Crippen molar-refractivity contribution in [2.45, 2.75) is 56.5 Å². The largest absolute Gasteiger partial charge is 0.498 e. The molecule has 1 heteroatoms. The monoisotopic (exact) mass is 408 g/mol. The Labute approximate surface area is 186 Å². The van der Waals surface area contributed by atoms with Crippen molar-refractivity contribution in [1.29, 1.82) is 0 Å². The first-order valence-corrected chi connectivity index (χ1v) is 11.8. The van der Waals surface area contributed by atoms with Gasteiger partial charge >= 0.3 is 0 Å². The standard InChI is InChI=1S/C30H32O/c1-2-3-10-24-15-18-26(19-16-24)30-21-22-31-27(20-17-23-11-6-4-7-12-23)29(30)28(30)25-13-8-5-9-14-25/h4-9,11-16,18-19,21-22,27-29H,2-3,10,17,20H2,1H3/t27-,28-,29-,30-/m1/s1. The zero-order valence-corrected chi connectivity index (χ0v) is 18.4. The molecular weight excluding hydrogens is 376 g/mol. The van der Waals surface area contributed by atoms with Gasteiger partial charge in [0.25, 0.3) is 0 Å². The minimum Gasteiger partial charge on any atom is -0.498 e. The summed E-state index contributed by atoms with van der Waals surface area (Å²) in [6, 6.07) is 31.3. The number of ether oxygens (including phenoxy) is 1. The van der Waals surface area contributed by atoms with Crippen molar-refractivity contribution < 1.29 is 4.74 Å². The SMILES string of the molecule is CCCCc1ccc([C@@]23C=CO[C@H](CCc4ccccc4)[C@@H]2[C@H]3c2ccccc2)cc1. The number of benzene rings is 3. The van der Waals surface area contributed by atoms with Gasteiger partial charge in [0, 0.05) is 17.3 Å². The molecule has 0 N–H and O–H groups in total. The van der Waals surface area contributed by atoms with Gasteiger partial charge < -0.3 is 4.74 Å². The highest BCUT2D eigenvalue weighted by atomic mass is 16.5. The lowest BCUT2D eigenvalue weighted by molar-refractivity contribution is 0.0966. The summed E-state index contributed by atoms with van der Waals surface area (Å²) in [4.78, 5) is 0. The Hall–Kier alpha value is -2.80. The third-order valence-electron chi connectivity index (χ3n) is 7.31. The van der Waals surface area contributed by atoms with E-state index in [-0.39, 0.29) is 11.5 Å². The molecule has 0 unspecified atom stereocenters. The summed E-state index contributed by atoms with van der Waals surface area (Å²) in [5.41, 5.74) is 5.78. The normalized spacial score (nSPS) is 26.2. The van der Waals surface area contributed by atoms with Crippen molar-refractivity contribution in [1.82, 2.24) is 0 Å². The summed E-state index contributed by atoms with van der Waals surface area (Å²) in [6.45, 7) is 2.26. The first-order valence-electron chi connectivity index (χ1n) is 11.8. The predicted octanol–water partition coefficient (Wildman–Crippen LogP) is 7.23. The minimum atomic E-state index is 0.0598. The fourth-order valence-corrected chi connectivity index (χ4v) is 5.66. The fraction of sp³-hybridized carbons (Fsp3) is 0.333. The lowest BCUT2D eigenvalue weighted by atomic mass is 9.87. The number of allylic oxidation sites excluding steroid dienone is 1. The molecule has 0 amide bonds. The van der Waals surface area contributed by atoms with E-state index in [0.29, 0.717) is 11.8 Å². The van der Waals surface area contributed by atoms with Gasteiger partial charge in [0.15, 0.2) is 0 Å². The molecular formula is C30H32O. The lowest BCUT2D eigenvalue weighted by Gasteiger charge is -2.25. The van der Waals surface area contributed by atoms with Crippen LogP contribution in [0.4, 0.5) is 0 Å². The third-order valence-corrected chi connectivity index (χ3v) is 7.31. The zero-order valence-electron chi connectivity index (χ0n) is 18.4. The van der Waals surface area contributed by atoms with Crippen LogP contribution in [0.25, 0.3) is 0 Å². The molecule has 0 spiro atoms. The molecule has 4 atom stereocenters. The number of rotatable bonds is 8. The van der Waals surface area contributed by atoms with E-state index >= 15 is 0 Å². The second kappa shape index (κ2) is 8.75. The number of hydrogen-bond acceptors (Lipinski definition) is 1. The van der Waals surface area contributed by atoms with Crippen LogP contribution >= 0.6 is 0 Å². The summed E-state index contributed by atoms with van der Waals surface area (Å²) in [6.07, 6.45) is 10.4. The van der Waals surface area contributed by atoms with Gasteiger partial charge in [-0.1, -0.05) is 98.3 Å². The van der Waals surface area contributed by atoms with E-state index in [0.717, 1.165) is 12.8 Å². The van der Waals surface area contributed by atoms with E-state index in [1.54, 1.807) is 0 Å². The van der Waals surface area contributed by atoms with Gasteiger partial charge in [-0.15, -0.1) is 0 Å². The fourth-order valence-electron chi connectivity index (χ4n) is 5.66. The highest BCUT2D eigenvalue weighted by Gasteiger charge is 2.68. The van der Waals surface area contributed by atoms with Crippen LogP contribution in [0.2, 0.25) is 0 Å². The molecule has 1 nitrogen and oxygen atoms in total. The van der Waals surface area contributed by atoms with Gasteiger partial charge in [0.2, 0.25) is 0 Å². The number of unbranched alkanes of at least 4 members (excludes halogenated alkanes) is 1. The molecule has 3 aromatic carbocycles. The molecule has 158 valence electrons. The maximum absolute atomic E-state index is 6.25. The maximum atomic E-state index is 6.25. The predicted molar refractivity (Wildman–Crippen MR) is 128 cm³/mol. The van der Waals surface area contributed by atoms with Crippen LogP contribution in [0.1, 0.15) is 54.4 Å². The Morgan fingerprint density at radius 2 is 1.45 bits per heavy atom. The molecule has 3 aromatic rings. The number of fused-ring (bicyclic) bond motifs is 1. The molecule has 1 heterocycles.